The van der Waals surface area contributed by atoms with Gasteiger partial charge in [0.25, 0.3) is 22.6 Å². The Balaban J connectivity index is 0.845. The minimum atomic E-state index is -6.24. The zero-order chi connectivity index (χ0) is 59.0. The van der Waals surface area contributed by atoms with Gasteiger partial charge in [-0.2, -0.15) is 28.1 Å². The van der Waals surface area contributed by atoms with E-state index in [2.05, 4.69) is 53.8 Å². The lowest BCUT2D eigenvalue weighted by Crippen LogP contribution is -2.38. The maximum atomic E-state index is 14.0. The molecule has 10 rings (SSSR count). The van der Waals surface area contributed by atoms with Crippen molar-refractivity contribution < 1.29 is 114 Å². The maximum Gasteiger partial charge on any atom is 0.490 e. The molecular weight excluding hydrogens is 1190 g/mol. The van der Waals surface area contributed by atoms with Crippen molar-refractivity contribution in [2.24, 2.45) is 7.05 Å². The number of aryl methyl sites for hydroxylation is 2. The second kappa shape index (κ2) is 22.6. The van der Waals surface area contributed by atoms with Crippen molar-refractivity contribution in [3.05, 3.63) is 71.1 Å². The third-order valence-electron chi connectivity index (χ3n) is 12.9. The molecule has 0 amide bonds. The van der Waals surface area contributed by atoms with Crippen LogP contribution in [0.1, 0.15) is 29.8 Å². The molecule has 0 bridgehead atoms. The lowest BCUT2D eigenvalue weighted by molar-refractivity contribution is -0.646. The monoisotopic (exact) mass is 1240 g/mol. The summed E-state index contributed by atoms with van der Waals surface area (Å²) >= 11 is 0. The first-order chi connectivity index (χ1) is 38.6. The fourth-order valence-electron chi connectivity index (χ4n) is 9.17. The number of nitrogen functional groups attached to an aromatic ring is 2. The molecule has 43 heteroatoms. The molecule has 444 valence electrons. The van der Waals surface area contributed by atoms with Crippen LogP contribution < -0.4 is 26.9 Å². The first-order valence-electron chi connectivity index (χ1n) is 23.7. The van der Waals surface area contributed by atoms with Crippen LogP contribution in [0.25, 0.3) is 33.5 Å². The number of nitrogens with zero attached hydrogens (tertiary/aromatic N) is 11. The van der Waals surface area contributed by atoms with Gasteiger partial charge in [-0.1, -0.05) is 24.3 Å². The molecule has 0 aliphatic carbocycles. The fourth-order valence-corrected chi connectivity index (χ4v) is 13.7. The summed E-state index contributed by atoms with van der Waals surface area (Å²) in [6.45, 7) is -0.248. The number of nitrogens with two attached hydrogens (primary N) is 2. The minimum absolute atomic E-state index is 0.0294. The SMILES string of the molecule is COC1[C@@H](OP(=O)(O)O[C@H]2O[C@@H](n3cnc4c(=O)[nH]c(N)nc43)C(O)[C@H]2O)[C@@H](COP(=O)(O)OP(=O)(O)OP(=O)(O)OC[C@H]2O[C@@H](n3c[n+](C)c4c(O)nc(N)nc43)C(O)C2O)O[C@H]1n1cnc2c(NCc3ccccc3C)ncnc21. The summed E-state index contributed by atoms with van der Waals surface area (Å²) in [6.07, 6.45) is -17.2. The minimum Gasteiger partial charge on any atom is -0.490 e. The molecule has 3 fully saturated rings. The number of aromatic hydroxyl groups is 1. The number of aromatic nitrogens is 12. The zero-order valence-corrected chi connectivity index (χ0v) is 45.8. The molecule has 6 aromatic heterocycles. The normalized spacial score (nSPS) is 28.8. The number of ether oxygens (including phenoxy) is 4. The van der Waals surface area contributed by atoms with E-state index in [1.807, 2.05) is 31.2 Å². The number of hydrogen-bond acceptors (Lipinski definition) is 30. The van der Waals surface area contributed by atoms with Gasteiger partial charge < -0.3 is 80.8 Å². The molecule has 0 saturated carbocycles. The lowest BCUT2D eigenvalue weighted by Gasteiger charge is -2.27. The van der Waals surface area contributed by atoms with Gasteiger partial charge in [-0.15, -0.1) is 0 Å². The predicted molar refractivity (Wildman–Crippen MR) is 267 cm³/mol. The highest BCUT2D eigenvalue weighted by Crippen LogP contribution is 2.68. The molecule has 3 aliphatic heterocycles. The molecule has 1 aromatic carbocycles. The number of benzene rings is 1. The molecule has 0 radical (unpaired) electrons. The summed E-state index contributed by atoms with van der Waals surface area (Å²) in [5.74, 6) is -1.03. The second-order valence-electron chi connectivity index (χ2n) is 18.3. The molecular formula is C39H50N15O24P4+. The van der Waals surface area contributed by atoms with E-state index >= 15 is 0 Å². The van der Waals surface area contributed by atoms with E-state index in [0.29, 0.717) is 6.54 Å². The van der Waals surface area contributed by atoms with E-state index < -0.39 is 130 Å². The second-order valence-corrected chi connectivity index (χ2v) is 24.3. The topological polar surface area (TPSA) is 548 Å². The van der Waals surface area contributed by atoms with E-state index in [0.717, 1.165) is 33.7 Å². The number of fused-ring (bicyclic) bond motifs is 3. The van der Waals surface area contributed by atoms with Crippen molar-refractivity contribution in [2.45, 2.75) is 87.3 Å². The van der Waals surface area contributed by atoms with Crippen molar-refractivity contribution in [1.29, 1.82) is 0 Å². The van der Waals surface area contributed by atoms with Crippen molar-refractivity contribution in [2.75, 3.05) is 37.1 Å². The van der Waals surface area contributed by atoms with Crippen molar-refractivity contribution in [1.82, 2.24) is 53.6 Å². The third kappa shape index (κ3) is 11.9. The summed E-state index contributed by atoms with van der Waals surface area (Å²) in [5.41, 5.74) is 12.2. The number of aliphatic hydroxyl groups is 4. The zero-order valence-electron chi connectivity index (χ0n) is 42.2. The van der Waals surface area contributed by atoms with Crippen LogP contribution in [0.15, 0.2) is 54.4 Å². The molecule has 3 saturated heterocycles. The number of aliphatic hydroxyl groups excluding tert-OH is 4. The Labute approximate surface area is 457 Å². The number of rotatable bonds is 21. The van der Waals surface area contributed by atoms with Crippen LogP contribution in [0.2, 0.25) is 0 Å². The van der Waals surface area contributed by atoms with Gasteiger partial charge in [-0.25, -0.2) is 42.8 Å². The average molecular weight is 1240 g/mol. The molecule has 15 N–H and O–H groups in total. The highest BCUT2D eigenvalue weighted by Gasteiger charge is 2.55. The van der Waals surface area contributed by atoms with Crippen LogP contribution in [-0.2, 0) is 77.5 Å². The van der Waals surface area contributed by atoms with Crippen molar-refractivity contribution in [3.63, 3.8) is 0 Å². The van der Waals surface area contributed by atoms with Crippen LogP contribution in [0.5, 0.6) is 5.88 Å². The number of methoxy groups -OCH3 is 1. The smallest absolute Gasteiger partial charge is 0.490 e. The Morgan fingerprint density at radius 1 is 0.720 bits per heavy atom. The molecule has 39 nitrogen and oxygen atoms in total. The Hall–Kier alpha value is -5.93. The average Bonchev–Trinajstić information content (AvgIpc) is 4.40. The Morgan fingerprint density at radius 3 is 2.05 bits per heavy atom. The highest BCUT2D eigenvalue weighted by molar-refractivity contribution is 7.66. The number of anilines is 3. The van der Waals surface area contributed by atoms with Crippen molar-refractivity contribution in [3.8, 4) is 5.88 Å². The highest BCUT2D eigenvalue weighted by atomic mass is 31.3. The molecule has 0 spiro atoms. The molecule has 9 heterocycles. The molecule has 3 aliphatic rings. The van der Waals surface area contributed by atoms with E-state index in [4.69, 9.17) is 48.5 Å². The standard InChI is InChI=1S/C39H49N15O24P4/c1-15-6-4-5-7-16(15)8-42-28-19-29(44-11-43-28)52(12-45-19)36-27(69-3)26(75-81(65,66)76-37-25(58)24(57)34(74-37)53-13-46-20-30(53)47-38(40)49-32(20)59)18(73-36)10-71-80(63,64)78-82(67,68)77-79(61,62)70-9-17-22(55)23(56)35(72-17)54-14-51(2)21-31(54)48-39(41)50-33(21)60/h4-7,11-14,17-18,22-27,34-37,55-58H,8-10H2,1-3H3,(H10-,40,41,42,43,44,47,48,49,50,59,60,61,62,63,64,65,66,67,68)/p+1/t17-,18-,22?,23?,24?,25-,26+,27?,34-,35-,36-,37-/m1/s1. The quantitative estimate of drug-likeness (QED) is 0.0273. The Bertz CT molecular complexity index is 3820. The largest absolute Gasteiger partial charge is 0.490 e. The number of H-pyrrole nitrogens is 1. The van der Waals surface area contributed by atoms with Crippen molar-refractivity contribution >= 4 is 82.5 Å². The van der Waals surface area contributed by atoms with Gasteiger partial charge in [-0.05, 0) is 18.1 Å². The summed E-state index contributed by atoms with van der Waals surface area (Å²) < 4.78 is 110. The summed E-state index contributed by atoms with van der Waals surface area (Å²) in [6, 6.07) is 7.51. The van der Waals surface area contributed by atoms with E-state index in [-0.39, 0.29) is 51.2 Å². The van der Waals surface area contributed by atoms with E-state index in [1.165, 1.54) is 35.2 Å². The van der Waals surface area contributed by atoms with Crippen LogP contribution >= 0.6 is 31.3 Å². The Kier molecular flexibility index (Phi) is 16.3. The van der Waals surface area contributed by atoms with Gasteiger partial charge in [-0.3, -0.25) is 37.0 Å². The number of nitrogens with one attached hydrogen (secondary N) is 2. The summed E-state index contributed by atoms with van der Waals surface area (Å²) in [5, 5.41) is 57.0. The molecule has 82 heavy (non-hydrogen) atoms. The number of hydrogen-bond donors (Lipinski definition) is 13. The fraction of sp³-hybridized carbons (Fsp3) is 0.462. The van der Waals surface area contributed by atoms with Gasteiger partial charge >= 0.3 is 31.3 Å². The lowest BCUT2D eigenvalue weighted by atomic mass is 10.1. The summed E-state index contributed by atoms with van der Waals surface area (Å²) in [7, 11) is -21.2. The number of phosphoric ester groups is 3. The van der Waals surface area contributed by atoms with Crippen LogP contribution in [0, 0.1) is 6.92 Å². The molecule has 8 unspecified atom stereocenters. The first kappa shape index (κ1) is 59.2. The van der Waals surface area contributed by atoms with Gasteiger partial charge in [0, 0.05) is 13.7 Å². The third-order valence-corrected chi connectivity index (χ3v) is 18.1. The predicted octanol–water partition coefficient (Wildman–Crippen LogP) is -2.00. The van der Waals surface area contributed by atoms with Gasteiger partial charge in [0.05, 0.1) is 32.9 Å². The van der Waals surface area contributed by atoms with Crippen LogP contribution in [0.3, 0.4) is 0 Å². The van der Waals surface area contributed by atoms with Gasteiger partial charge in [0.15, 0.2) is 46.9 Å². The summed E-state index contributed by atoms with van der Waals surface area (Å²) in [4.78, 5) is 86.2. The van der Waals surface area contributed by atoms with Gasteiger partial charge in [0.2, 0.25) is 24.5 Å². The Morgan fingerprint density at radius 2 is 1.35 bits per heavy atom. The number of aromatic amines is 1. The van der Waals surface area contributed by atoms with E-state index in [1.54, 1.807) is 0 Å². The number of phosphoric acid groups is 4. The van der Waals surface area contributed by atoms with E-state index in [9.17, 15) is 68.2 Å². The maximum absolute atomic E-state index is 14.0. The first-order valence-corrected chi connectivity index (χ1v) is 29.6. The number of imidazole rings is 3. The molecule has 16 atom stereocenters. The molecule has 7 aromatic rings. The van der Waals surface area contributed by atoms with Crippen LogP contribution in [-0.4, -0.2) is 174 Å². The van der Waals surface area contributed by atoms with Gasteiger partial charge in [0.1, 0.15) is 55.2 Å². The van der Waals surface area contributed by atoms with Crippen LogP contribution in [0.4, 0.5) is 17.7 Å².